The van der Waals surface area contributed by atoms with Crippen LogP contribution in [0.2, 0.25) is 0 Å². The molecule has 0 spiro atoms. The smallest absolute Gasteiger partial charge is 0.242 e. The minimum atomic E-state index is 0.0448. The van der Waals surface area contributed by atoms with E-state index in [1.54, 1.807) is 7.11 Å². The van der Waals surface area contributed by atoms with E-state index in [1.165, 1.54) is 6.33 Å². The second-order valence-electron chi connectivity index (χ2n) is 4.61. The highest BCUT2D eigenvalue weighted by atomic mass is 79.9. The van der Waals surface area contributed by atoms with Gasteiger partial charge in [-0.1, -0.05) is 28.1 Å². The fourth-order valence-electron chi connectivity index (χ4n) is 2.35. The Hall–Kier alpha value is -1.73. The lowest BCUT2D eigenvalue weighted by Crippen LogP contribution is -2.07. The van der Waals surface area contributed by atoms with E-state index in [2.05, 4.69) is 49.9 Å². The van der Waals surface area contributed by atoms with Crippen LogP contribution >= 0.6 is 28.1 Å². The molecular weight excluding hydrogens is 352 g/mol. The lowest BCUT2D eigenvalue weighted by atomic mass is 10.1. The number of methoxy groups -OCH3 is 1. The van der Waals surface area contributed by atoms with Crippen molar-refractivity contribution in [2.75, 3.05) is 7.11 Å². The Kier molecular flexibility index (Phi) is 3.77. The van der Waals surface area contributed by atoms with Gasteiger partial charge >= 0.3 is 0 Å². The lowest BCUT2D eigenvalue weighted by molar-refractivity contribution is 0.401. The molecule has 1 atom stereocenters. The number of nitrogens with one attached hydrogen (secondary N) is 1. The Bertz CT molecular complexity index is 858. The molecule has 1 unspecified atom stereocenters. The highest BCUT2D eigenvalue weighted by Gasteiger charge is 2.17. The maximum absolute atomic E-state index is 5.44. The van der Waals surface area contributed by atoms with Gasteiger partial charge in [-0.15, -0.1) is 0 Å². The first-order chi connectivity index (χ1) is 10.1. The Morgan fingerprint density at radius 1 is 1.38 bits per heavy atom. The van der Waals surface area contributed by atoms with Gasteiger partial charge in [0, 0.05) is 4.47 Å². The molecule has 21 heavy (non-hydrogen) atoms. The molecule has 5 nitrogen and oxygen atoms in total. The summed E-state index contributed by atoms with van der Waals surface area (Å²) in [7, 11) is 1.58. The van der Waals surface area contributed by atoms with Crippen molar-refractivity contribution in [3.8, 4) is 5.88 Å². The van der Waals surface area contributed by atoms with E-state index in [0.717, 1.165) is 15.7 Å². The zero-order chi connectivity index (χ0) is 15.0. The Labute approximate surface area is 135 Å². The molecule has 0 fully saturated rings. The molecule has 1 N–H and O–H groups in total. The van der Waals surface area contributed by atoms with Crippen LogP contribution in [0.3, 0.4) is 0 Å². The largest absolute Gasteiger partial charge is 0.479 e. The number of H-pyrrole nitrogens is 1. The maximum Gasteiger partial charge on any atom is 0.242 e. The zero-order valence-electron chi connectivity index (χ0n) is 11.5. The van der Waals surface area contributed by atoms with Crippen LogP contribution in [0.25, 0.3) is 11.2 Å². The molecule has 0 aliphatic heterocycles. The SMILES string of the molecule is COc1ncnc2c1[nH]c(=S)n2C(C)c1cccc(Br)c1. The van der Waals surface area contributed by atoms with Gasteiger partial charge in [0.1, 0.15) is 11.8 Å². The zero-order valence-corrected chi connectivity index (χ0v) is 13.9. The molecule has 3 aromatic rings. The van der Waals surface area contributed by atoms with Crippen LogP contribution in [-0.4, -0.2) is 26.6 Å². The molecule has 0 saturated heterocycles. The first-order valence-corrected chi connectivity index (χ1v) is 7.56. The van der Waals surface area contributed by atoms with Gasteiger partial charge in [-0.25, -0.2) is 4.98 Å². The summed E-state index contributed by atoms with van der Waals surface area (Å²) in [5.41, 5.74) is 2.59. The normalized spacial score (nSPS) is 12.5. The molecule has 0 bridgehead atoms. The third kappa shape index (κ3) is 2.47. The Balaban J connectivity index is 2.21. The van der Waals surface area contributed by atoms with Crippen molar-refractivity contribution < 1.29 is 4.74 Å². The van der Waals surface area contributed by atoms with Gasteiger partial charge in [-0.05, 0) is 36.8 Å². The number of fused-ring (bicyclic) bond motifs is 1. The summed E-state index contributed by atoms with van der Waals surface area (Å²) in [5.74, 6) is 0.492. The number of nitrogens with zero attached hydrogens (tertiary/aromatic N) is 3. The second-order valence-corrected chi connectivity index (χ2v) is 5.92. The number of benzene rings is 1. The van der Waals surface area contributed by atoms with Crippen LogP contribution in [0.4, 0.5) is 0 Å². The summed E-state index contributed by atoms with van der Waals surface area (Å²) in [6.07, 6.45) is 1.48. The lowest BCUT2D eigenvalue weighted by Gasteiger charge is -2.14. The number of halogens is 1. The molecule has 0 aliphatic carbocycles. The number of hydrogen-bond acceptors (Lipinski definition) is 4. The van der Waals surface area contributed by atoms with E-state index in [4.69, 9.17) is 17.0 Å². The average molecular weight is 365 g/mol. The first-order valence-electron chi connectivity index (χ1n) is 6.36. The van der Waals surface area contributed by atoms with Gasteiger partial charge in [0.05, 0.1) is 13.2 Å². The van der Waals surface area contributed by atoms with E-state index >= 15 is 0 Å². The molecule has 108 valence electrons. The number of ether oxygens (including phenoxy) is 1. The molecule has 7 heteroatoms. The molecule has 1 aromatic carbocycles. The standard InChI is InChI=1S/C14H13BrN4OS/c1-8(9-4-3-5-10(15)6-9)19-12-11(18-14(19)21)13(20-2)17-7-16-12/h3-8H,1-2H3,(H,18,21). The predicted octanol–water partition coefficient (Wildman–Crippen LogP) is 3.87. The van der Waals surface area contributed by atoms with Gasteiger partial charge in [0.25, 0.3) is 0 Å². The van der Waals surface area contributed by atoms with Gasteiger partial charge in [0.15, 0.2) is 10.4 Å². The van der Waals surface area contributed by atoms with Crippen molar-refractivity contribution in [2.24, 2.45) is 0 Å². The number of aromatic nitrogens is 4. The molecule has 2 aromatic heterocycles. The fraction of sp³-hybridized carbons (Fsp3) is 0.214. The Morgan fingerprint density at radius 3 is 2.90 bits per heavy atom. The Morgan fingerprint density at radius 2 is 2.19 bits per heavy atom. The number of imidazole rings is 1. The van der Waals surface area contributed by atoms with Gasteiger partial charge < -0.3 is 9.72 Å². The molecule has 2 heterocycles. The summed E-state index contributed by atoms with van der Waals surface area (Å²) < 4.78 is 8.85. The van der Waals surface area contributed by atoms with Crippen molar-refractivity contribution in [3.63, 3.8) is 0 Å². The van der Waals surface area contributed by atoms with Crippen LogP contribution in [0.15, 0.2) is 35.1 Å². The van der Waals surface area contributed by atoms with Crippen LogP contribution in [0.5, 0.6) is 5.88 Å². The second kappa shape index (κ2) is 5.57. The molecule has 0 saturated carbocycles. The minimum absolute atomic E-state index is 0.0448. The number of aromatic amines is 1. The van der Waals surface area contributed by atoms with Crippen molar-refractivity contribution in [3.05, 3.63) is 45.4 Å². The summed E-state index contributed by atoms with van der Waals surface area (Å²) in [4.78, 5) is 11.6. The van der Waals surface area contributed by atoms with Crippen LogP contribution < -0.4 is 4.74 Å². The molecule has 0 radical (unpaired) electrons. The summed E-state index contributed by atoms with van der Waals surface area (Å²) >= 11 is 8.94. The van der Waals surface area contributed by atoms with E-state index in [9.17, 15) is 0 Å². The molecule has 0 amide bonds. The van der Waals surface area contributed by atoms with Crippen LogP contribution in [-0.2, 0) is 0 Å². The number of hydrogen-bond donors (Lipinski definition) is 1. The van der Waals surface area contributed by atoms with Crippen molar-refractivity contribution >= 4 is 39.3 Å². The molecule has 0 aliphatic rings. The van der Waals surface area contributed by atoms with Gasteiger partial charge in [-0.3, -0.25) is 4.57 Å². The third-order valence-electron chi connectivity index (χ3n) is 3.38. The van der Waals surface area contributed by atoms with Crippen molar-refractivity contribution in [2.45, 2.75) is 13.0 Å². The van der Waals surface area contributed by atoms with E-state index in [1.807, 2.05) is 16.7 Å². The highest BCUT2D eigenvalue weighted by molar-refractivity contribution is 9.10. The van der Waals surface area contributed by atoms with Crippen molar-refractivity contribution in [1.29, 1.82) is 0 Å². The van der Waals surface area contributed by atoms with Crippen molar-refractivity contribution in [1.82, 2.24) is 19.5 Å². The summed E-state index contributed by atoms with van der Waals surface area (Å²) in [6, 6.07) is 8.18. The fourth-order valence-corrected chi connectivity index (χ4v) is 3.11. The summed E-state index contributed by atoms with van der Waals surface area (Å²) in [5, 5.41) is 0. The average Bonchev–Trinajstić information content (AvgIpc) is 2.82. The van der Waals surface area contributed by atoms with E-state index in [0.29, 0.717) is 16.2 Å². The van der Waals surface area contributed by atoms with E-state index < -0.39 is 0 Å². The minimum Gasteiger partial charge on any atom is -0.479 e. The highest BCUT2D eigenvalue weighted by Crippen LogP contribution is 2.27. The quantitative estimate of drug-likeness (QED) is 0.716. The van der Waals surface area contributed by atoms with Crippen LogP contribution in [0.1, 0.15) is 18.5 Å². The monoisotopic (exact) mass is 364 g/mol. The van der Waals surface area contributed by atoms with Crippen LogP contribution in [0, 0.1) is 4.77 Å². The predicted molar refractivity (Wildman–Crippen MR) is 87.2 cm³/mol. The van der Waals surface area contributed by atoms with Gasteiger partial charge in [0.2, 0.25) is 5.88 Å². The summed E-state index contributed by atoms with van der Waals surface area (Å²) in [6.45, 7) is 2.08. The van der Waals surface area contributed by atoms with E-state index in [-0.39, 0.29) is 6.04 Å². The number of rotatable bonds is 3. The topological polar surface area (TPSA) is 55.7 Å². The maximum atomic E-state index is 5.44. The first kappa shape index (κ1) is 14.2. The molecule has 3 rings (SSSR count). The van der Waals surface area contributed by atoms with Gasteiger partial charge in [-0.2, -0.15) is 4.98 Å². The third-order valence-corrected chi connectivity index (χ3v) is 4.18. The molecular formula is C14H13BrN4OS.